The molecule has 4 rings (SSSR count). The monoisotopic (exact) mass is 479 g/mol. The van der Waals surface area contributed by atoms with Crippen LogP contribution in [0, 0.1) is 0 Å². The fourth-order valence-corrected chi connectivity index (χ4v) is 3.76. The lowest BCUT2D eigenvalue weighted by molar-refractivity contribution is -0.120. The van der Waals surface area contributed by atoms with Gasteiger partial charge in [0.15, 0.2) is 0 Å². The summed E-state index contributed by atoms with van der Waals surface area (Å²) in [4.78, 5) is 39.4. The van der Waals surface area contributed by atoms with E-state index < -0.39 is 11.8 Å². The minimum atomic E-state index is -0.610. The first-order valence-corrected chi connectivity index (χ1v) is 10.9. The van der Waals surface area contributed by atoms with Gasteiger partial charge in [-0.1, -0.05) is 60.5 Å². The summed E-state index contributed by atoms with van der Waals surface area (Å²) in [5, 5.41) is 5.84. The summed E-state index contributed by atoms with van der Waals surface area (Å²) in [6, 6.07) is 20.5. The molecule has 2 N–H and O–H groups in total. The summed E-state index contributed by atoms with van der Waals surface area (Å²) in [6.07, 6.45) is 0.842. The smallest absolute Gasteiger partial charge is 0.283 e. The highest BCUT2D eigenvalue weighted by molar-refractivity contribution is 6.53. The van der Waals surface area contributed by atoms with Crippen molar-refractivity contribution < 1.29 is 14.4 Å². The molecule has 3 aromatic carbocycles. The number of aryl methyl sites for hydroxylation is 1. The first-order valence-electron chi connectivity index (χ1n) is 10.2. The lowest BCUT2D eigenvalue weighted by atomic mass is 10.1. The lowest BCUT2D eigenvalue weighted by Gasteiger charge is -2.15. The SMILES string of the molecule is CCc1ccc(N2C(=O)C(Cl)=C(Nc3cccc(C(=O)Nc4ccccc4Cl)c3)C2=O)cc1. The van der Waals surface area contributed by atoms with E-state index in [2.05, 4.69) is 10.6 Å². The van der Waals surface area contributed by atoms with Crippen LogP contribution in [0.3, 0.4) is 0 Å². The van der Waals surface area contributed by atoms with Gasteiger partial charge in [-0.3, -0.25) is 14.4 Å². The Morgan fingerprint density at radius 2 is 1.64 bits per heavy atom. The number of nitrogens with zero attached hydrogens (tertiary/aromatic N) is 1. The zero-order valence-corrected chi connectivity index (χ0v) is 19.1. The van der Waals surface area contributed by atoms with Crippen molar-refractivity contribution >= 4 is 58.0 Å². The minimum Gasteiger partial charge on any atom is -0.350 e. The van der Waals surface area contributed by atoms with Gasteiger partial charge in [-0.25, -0.2) is 4.90 Å². The zero-order chi connectivity index (χ0) is 23.5. The van der Waals surface area contributed by atoms with E-state index >= 15 is 0 Å². The van der Waals surface area contributed by atoms with Crippen molar-refractivity contribution in [1.82, 2.24) is 0 Å². The molecule has 1 aliphatic heterocycles. The molecule has 3 amide bonds. The van der Waals surface area contributed by atoms with E-state index in [9.17, 15) is 14.4 Å². The zero-order valence-electron chi connectivity index (χ0n) is 17.6. The van der Waals surface area contributed by atoms with Crippen LogP contribution in [-0.2, 0) is 16.0 Å². The van der Waals surface area contributed by atoms with Gasteiger partial charge in [0.2, 0.25) is 0 Å². The van der Waals surface area contributed by atoms with Crippen LogP contribution in [-0.4, -0.2) is 17.7 Å². The predicted molar refractivity (Wildman–Crippen MR) is 131 cm³/mol. The second kappa shape index (κ2) is 9.48. The summed E-state index contributed by atoms with van der Waals surface area (Å²) in [5.74, 6) is -1.56. The average Bonchev–Trinajstić information content (AvgIpc) is 3.04. The summed E-state index contributed by atoms with van der Waals surface area (Å²) in [5.41, 5.74) is 2.71. The van der Waals surface area contributed by atoms with Crippen LogP contribution in [0.4, 0.5) is 17.1 Å². The number of halogens is 2. The Morgan fingerprint density at radius 1 is 0.909 bits per heavy atom. The maximum absolute atomic E-state index is 13.0. The van der Waals surface area contributed by atoms with Crippen molar-refractivity contribution in [3.05, 3.63) is 99.7 Å². The van der Waals surface area contributed by atoms with E-state index in [1.807, 2.05) is 19.1 Å². The molecule has 0 bridgehead atoms. The van der Waals surface area contributed by atoms with Crippen molar-refractivity contribution in [2.24, 2.45) is 0 Å². The Hall–Kier alpha value is -3.61. The van der Waals surface area contributed by atoms with Crippen molar-refractivity contribution in [3.63, 3.8) is 0 Å². The van der Waals surface area contributed by atoms with Crippen molar-refractivity contribution in [2.75, 3.05) is 15.5 Å². The highest BCUT2D eigenvalue weighted by atomic mass is 35.5. The molecule has 1 aliphatic rings. The summed E-state index contributed by atoms with van der Waals surface area (Å²) >= 11 is 12.3. The van der Waals surface area contributed by atoms with Gasteiger partial charge in [0, 0.05) is 11.3 Å². The number of anilines is 3. The lowest BCUT2D eigenvalue weighted by Crippen LogP contribution is -2.32. The Morgan fingerprint density at radius 3 is 2.33 bits per heavy atom. The van der Waals surface area contributed by atoms with Gasteiger partial charge >= 0.3 is 0 Å². The van der Waals surface area contributed by atoms with Gasteiger partial charge in [-0.15, -0.1) is 0 Å². The molecule has 0 radical (unpaired) electrons. The third kappa shape index (κ3) is 4.62. The van der Waals surface area contributed by atoms with E-state index in [0.717, 1.165) is 16.9 Å². The number of carbonyl (C=O) groups is 3. The number of amides is 3. The number of nitrogens with one attached hydrogen (secondary N) is 2. The molecule has 0 unspecified atom stereocenters. The number of hydrogen-bond acceptors (Lipinski definition) is 4. The number of benzene rings is 3. The van der Waals surface area contributed by atoms with Gasteiger partial charge in [0.05, 0.1) is 16.4 Å². The van der Waals surface area contributed by atoms with Crippen molar-refractivity contribution in [1.29, 1.82) is 0 Å². The topological polar surface area (TPSA) is 78.5 Å². The van der Waals surface area contributed by atoms with Gasteiger partial charge in [0.1, 0.15) is 10.7 Å². The maximum Gasteiger partial charge on any atom is 0.283 e. The van der Waals surface area contributed by atoms with Gasteiger partial charge in [-0.05, 0) is 54.4 Å². The molecule has 6 nitrogen and oxygen atoms in total. The van der Waals surface area contributed by atoms with E-state index in [-0.39, 0.29) is 16.6 Å². The molecule has 1 heterocycles. The van der Waals surface area contributed by atoms with Gasteiger partial charge < -0.3 is 10.6 Å². The number of carbonyl (C=O) groups excluding carboxylic acids is 3. The Kier molecular flexibility index (Phi) is 6.49. The largest absolute Gasteiger partial charge is 0.350 e. The highest BCUT2D eigenvalue weighted by Crippen LogP contribution is 2.30. The van der Waals surface area contributed by atoms with E-state index in [4.69, 9.17) is 23.2 Å². The average molecular weight is 480 g/mol. The molecule has 33 heavy (non-hydrogen) atoms. The standard InChI is InChI=1S/C25H19Cl2N3O3/c1-2-15-10-12-18(13-11-15)30-24(32)21(27)22(25(30)33)28-17-7-5-6-16(14-17)23(31)29-20-9-4-3-8-19(20)26/h3-14,28H,2H2,1H3,(H,29,31). The van der Waals surface area contributed by atoms with Crippen LogP contribution >= 0.6 is 23.2 Å². The minimum absolute atomic E-state index is 0.0510. The molecular formula is C25H19Cl2N3O3. The molecule has 166 valence electrons. The van der Waals surface area contributed by atoms with Crippen molar-refractivity contribution in [2.45, 2.75) is 13.3 Å². The number of para-hydroxylation sites is 1. The van der Waals surface area contributed by atoms with Crippen LogP contribution in [0.25, 0.3) is 0 Å². The molecule has 0 fully saturated rings. The van der Waals surface area contributed by atoms with Gasteiger partial charge in [0.25, 0.3) is 17.7 Å². The molecule has 3 aromatic rings. The quantitative estimate of drug-likeness (QED) is 0.451. The van der Waals surface area contributed by atoms with Crippen LogP contribution in [0.5, 0.6) is 0 Å². The molecule has 0 saturated carbocycles. The Labute approximate surface area is 200 Å². The van der Waals surface area contributed by atoms with E-state index in [1.165, 1.54) is 0 Å². The molecule has 0 spiro atoms. The molecule has 0 atom stereocenters. The summed E-state index contributed by atoms with van der Waals surface area (Å²) < 4.78 is 0. The summed E-state index contributed by atoms with van der Waals surface area (Å²) in [6.45, 7) is 2.02. The van der Waals surface area contributed by atoms with E-state index in [0.29, 0.717) is 27.6 Å². The molecule has 0 aliphatic carbocycles. The number of hydrogen-bond donors (Lipinski definition) is 2. The second-order valence-corrected chi connectivity index (χ2v) is 8.08. The highest BCUT2D eigenvalue weighted by Gasteiger charge is 2.39. The van der Waals surface area contributed by atoms with Crippen LogP contribution in [0.1, 0.15) is 22.8 Å². The predicted octanol–water partition coefficient (Wildman–Crippen LogP) is 5.59. The maximum atomic E-state index is 13.0. The number of imide groups is 1. The normalized spacial score (nSPS) is 13.5. The molecule has 0 aromatic heterocycles. The van der Waals surface area contributed by atoms with Crippen molar-refractivity contribution in [3.8, 4) is 0 Å². The fourth-order valence-electron chi connectivity index (χ4n) is 3.37. The van der Waals surface area contributed by atoms with Crippen LogP contribution in [0.15, 0.2) is 83.5 Å². The Balaban J connectivity index is 1.54. The molecule has 8 heteroatoms. The summed E-state index contributed by atoms with van der Waals surface area (Å²) in [7, 11) is 0. The van der Waals surface area contributed by atoms with E-state index in [1.54, 1.807) is 60.7 Å². The Bertz CT molecular complexity index is 1290. The fraction of sp³-hybridized carbons (Fsp3) is 0.0800. The third-order valence-corrected chi connectivity index (χ3v) is 5.83. The molecular weight excluding hydrogens is 461 g/mol. The first kappa shape index (κ1) is 22.6. The number of rotatable bonds is 6. The third-order valence-electron chi connectivity index (χ3n) is 5.15. The first-order chi connectivity index (χ1) is 15.9. The van der Waals surface area contributed by atoms with Crippen LogP contribution < -0.4 is 15.5 Å². The molecule has 0 saturated heterocycles. The second-order valence-electron chi connectivity index (χ2n) is 7.29. The van der Waals surface area contributed by atoms with Gasteiger partial charge in [-0.2, -0.15) is 0 Å². The van der Waals surface area contributed by atoms with Crippen LogP contribution in [0.2, 0.25) is 5.02 Å².